The molecule has 2 aromatic rings. The predicted octanol–water partition coefficient (Wildman–Crippen LogP) is 4.54. The molecule has 0 saturated carbocycles. The predicted molar refractivity (Wildman–Crippen MR) is 68.3 cm³/mol. The van der Waals surface area contributed by atoms with Crippen molar-refractivity contribution in [1.29, 1.82) is 0 Å². The average Bonchev–Trinajstić information content (AvgIpc) is 2.22. The molecule has 0 spiro atoms. The maximum atomic E-state index is 5.87. The molecule has 0 aliphatic heterocycles. The molecule has 0 N–H and O–H groups in total. The number of aromatic nitrogens is 2. The van der Waals surface area contributed by atoms with Crippen LogP contribution in [-0.2, 0) is 0 Å². The molecule has 17 heavy (non-hydrogen) atoms. The van der Waals surface area contributed by atoms with Crippen LogP contribution in [0.5, 0.6) is 11.6 Å². The number of nitrogens with zero attached hydrogens (tertiary/aromatic N) is 2. The lowest BCUT2D eigenvalue weighted by Gasteiger charge is -2.06. The molecule has 88 valence electrons. The summed E-state index contributed by atoms with van der Waals surface area (Å²) in [6.07, 6.45) is 0. The van der Waals surface area contributed by atoms with Crippen molar-refractivity contribution in [3.05, 3.63) is 45.3 Å². The van der Waals surface area contributed by atoms with E-state index < -0.39 is 0 Å². The Hall–Kier alpha value is -1.03. The molecular weight excluding hydrogens is 282 g/mol. The minimum atomic E-state index is 0.326. The first-order valence-electron chi connectivity index (χ1n) is 4.69. The van der Waals surface area contributed by atoms with E-state index in [0.717, 1.165) is 0 Å². The fourth-order valence-corrected chi connectivity index (χ4v) is 1.72. The van der Waals surface area contributed by atoms with Gasteiger partial charge < -0.3 is 4.74 Å². The Kier molecular flexibility index (Phi) is 3.72. The van der Waals surface area contributed by atoms with Gasteiger partial charge in [0.15, 0.2) is 0 Å². The maximum absolute atomic E-state index is 5.87. The zero-order chi connectivity index (χ0) is 12.4. The molecule has 1 aromatic carbocycles. The number of rotatable bonds is 2. The van der Waals surface area contributed by atoms with Gasteiger partial charge >= 0.3 is 0 Å². The molecule has 0 bridgehead atoms. The van der Waals surface area contributed by atoms with Gasteiger partial charge in [-0.15, -0.1) is 0 Å². The molecule has 0 aliphatic carbocycles. The summed E-state index contributed by atoms with van der Waals surface area (Å²) in [5, 5.41) is 1.21. The fraction of sp³-hybridized carbons (Fsp3) is 0.0909. The van der Waals surface area contributed by atoms with Gasteiger partial charge in [-0.2, -0.15) is 4.98 Å². The van der Waals surface area contributed by atoms with E-state index in [1.807, 2.05) is 0 Å². The zero-order valence-electron chi connectivity index (χ0n) is 8.75. The van der Waals surface area contributed by atoms with E-state index in [9.17, 15) is 0 Å². The summed E-state index contributed by atoms with van der Waals surface area (Å²) in [6, 6.07) is 6.47. The minimum Gasteiger partial charge on any atom is -0.439 e. The molecule has 6 heteroatoms. The molecule has 1 heterocycles. The Morgan fingerprint density at radius 3 is 2.41 bits per heavy atom. The third-order valence-electron chi connectivity index (χ3n) is 1.90. The Labute approximate surface area is 113 Å². The Morgan fingerprint density at radius 2 is 1.76 bits per heavy atom. The van der Waals surface area contributed by atoms with E-state index in [4.69, 9.17) is 39.5 Å². The molecule has 2 rings (SSSR count). The molecule has 0 aliphatic rings. The lowest BCUT2D eigenvalue weighted by Crippen LogP contribution is -1.93. The van der Waals surface area contributed by atoms with Crippen LogP contribution >= 0.6 is 34.8 Å². The highest BCUT2D eigenvalue weighted by Crippen LogP contribution is 2.29. The second-order valence-corrected chi connectivity index (χ2v) is 4.46. The highest BCUT2D eigenvalue weighted by atomic mass is 35.5. The van der Waals surface area contributed by atoms with Gasteiger partial charge in [-0.25, -0.2) is 4.98 Å². The number of benzene rings is 1. The highest BCUT2D eigenvalue weighted by molar-refractivity contribution is 6.42. The van der Waals surface area contributed by atoms with E-state index in [2.05, 4.69) is 9.97 Å². The molecule has 0 saturated heterocycles. The maximum Gasteiger partial charge on any atom is 0.224 e. The average molecular weight is 290 g/mol. The summed E-state index contributed by atoms with van der Waals surface area (Å²) in [5.41, 5.74) is 0. The Morgan fingerprint density at radius 1 is 1.00 bits per heavy atom. The third-order valence-corrected chi connectivity index (χ3v) is 2.83. The molecule has 0 fully saturated rings. The van der Waals surface area contributed by atoms with Gasteiger partial charge in [-0.1, -0.05) is 34.8 Å². The smallest absolute Gasteiger partial charge is 0.224 e. The third kappa shape index (κ3) is 3.22. The van der Waals surface area contributed by atoms with Crippen LogP contribution in [0.1, 0.15) is 5.82 Å². The van der Waals surface area contributed by atoms with Crippen molar-refractivity contribution in [2.75, 3.05) is 0 Å². The summed E-state index contributed by atoms with van der Waals surface area (Å²) < 4.78 is 5.50. The van der Waals surface area contributed by atoms with Crippen molar-refractivity contribution in [3.63, 3.8) is 0 Å². The molecule has 3 nitrogen and oxygen atoms in total. The van der Waals surface area contributed by atoms with Crippen molar-refractivity contribution in [3.8, 4) is 11.6 Å². The highest BCUT2D eigenvalue weighted by Gasteiger charge is 2.05. The van der Waals surface area contributed by atoms with Crippen LogP contribution in [0, 0.1) is 6.92 Å². The van der Waals surface area contributed by atoms with Crippen LogP contribution in [0.25, 0.3) is 0 Å². The summed E-state index contributed by atoms with van der Waals surface area (Å²) in [5.74, 6) is 1.43. The molecular formula is C11H7Cl3N2O. The first kappa shape index (κ1) is 12.4. The van der Waals surface area contributed by atoms with Gasteiger partial charge in [-0.05, 0) is 19.1 Å². The summed E-state index contributed by atoms with van der Waals surface area (Å²) in [6.45, 7) is 1.73. The van der Waals surface area contributed by atoms with Crippen LogP contribution in [0.15, 0.2) is 24.3 Å². The molecule has 1 aromatic heterocycles. The van der Waals surface area contributed by atoms with Gasteiger partial charge in [0.2, 0.25) is 5.88 Å². The van der Waals surface area contributed by atoms with Crippen molar-refractivity contribution in [2.24, 2.45) is 0 Å². The van der Waals surface area contributed by atoms with Crippen molar-refractivity contribution in [1.82, 2.24) is 9.97 Å². The van der Waals surface area contributed by atoms with Gasteiger partial charge in [0.1, 0.15) is 16.7 Å². The number of ether oxygens (including phenoxy) is 1. The molecule has 0 unspecified atom stereocenters. The number of hydrogen-bond donors (Lipinski definition) is 0. The normalized spacial score (nSPS) is 10.4. The van der Waals surface area contributed by atoms with Gasteiger partial charge in [0.05, 0.1) is 10.0 Å². The van der Waals surface area contributed by atoms with Crippen LogP contribution in [0.4, 0.5) is 0 Å². The second kappa shape index (κ2) is 5.08. The standard InChI is InChI=1S/C11H7Cl3N2O/c1-6-15-10(14)5-11(16-6)17-7-2-3-8(12)9(13)4-7/h2-5H,1H3. The lowest BCUT2D eigenvalue weighted by molar-refractivity contribution is 0.460. The zero-order valence-corrected chi connectivity index (χ0v) is 11.0. The van der Waals surface area contributed by atoms with Crippen molar-refractivity contribution < 1.29 is 4.74 Å². The van der Waals surface area contributed by atoms with E-state index >= 15 is 0 Å². The Balaban J connectivity index is 2.28. The molecule has 0 radical (unpaired) electrons. The number of halogens is 3. The van der Waals surface area contributed by atoms with Crippen LogP contribution < -0.4 is 4.74 Å². The first-order chi connectivity index (χ1) is 8.04. The summed E-state index contributed by atoms with van der Waals surface area (Å²) >= 11 is 17.5. The van der Waals surface area contributed by atoms with Crippen LogP contribution in [0.3, 0.4) is 0 Å². The van der Waals surface area contributed by atoms with E-state index in [1.54, 1.807) is 25.1 Å². The minimum absolute atomic E-state index is 0.326. The second-order valence-electron chi connectivity index (χ2n) is 3.25. The SMILES string of the molecule is Cc1nc(Cl)cc(Oc2ccc(Cl)c(Cl)c2)n1. The topological polar surface area (TPSA) is 35.0 Å². The quantitative estimate of drug-likeness (QED) is 0.761. The van der Waals surface area contributed by atoms with E-state index in [0.29, 0.717) is 32.7 Å². The van der Waals surface area contributed by atoms with Crippen LogP contribution in [0.2, 0.25) is 15.2 Å². The first-order valence-corrected chi connectivity index (χ1v) is 5.82. The number of aryl methyl sites for hydroxylation is 1. The largest absolute Gasteiger partial charge is 0.439 e. The van der Waals surface area contributed by atoms with Gasteiger partial charge in [0.25, 0.3) is 0 Å². The molecule has 0 amide bonds. The van der Waals surface area contributed by atoms with E-state index in [1.165, 1.54) is 6.07 Å². The fourth-order valence-electron chi connectivity index (χ4n) is 1.22. The van der Waals surface area contributed by atoms with Crippen molar-refractivity contribution >= 4 is 34.8 Å². The lowest BCUT2D eigenvalue weighted by atomic mass is 10.3. The Bertz CT molecular complexity index is 540. The van der Waals surface area contributed by atoms with Crippen molar-refractivity contribution in [2.45, 2.75) is 6.92 Å². The summed E-state index contributed by atoms with van der Waals surface area (Å²) in [4.78, 5) is 8.02. The monoisotopic (exact) mass is 288 g/mol. The number of hydrogen-bond acceptors (Lipinski definition) is 3. The molecule has 0 atom stereocenters. The van der Waals surface area contributed by atoms with Gasteiger partial charge in [0, 0.05) is 12.1 Å². The van der Waals surface area contributed by atoms with E-state index in [-0.39, 0.29) is 0 Å². The summed E-state index contributed by atoms with van der Waals surface area (Å²) in [7, 11) is 0. The van der Waals surface area contributed by atoms with Gasteiger partial charge in [-0.3, -0.25) is 0 Å². The van der Waals surface area contributed by atoms with Crippen LogP contribution in [-0.4, -0.2) is 9.97 Å².